The third-order valence-electron chi connectivity index (χ3n) is 4.08. The lowest BCUT2D eigenvalue weighted by molar-refractivity contribution is -0.116. The second-order valence-corrected chi connectivity index (χ2v) is 8.73. The highest BCUT2D eigenvalue weighted by Gasteiger charge is 2.25. The zero-order valence-corrected chi connectivity index (χ0v) is 17.2. The van der Waals surface area contributed by atoms with Crippen molar-refractivity contribution in [2.24, 2.45) is 0 Å². The van der Waals surface area contributed by atoms with Gasteiger partial charge in [0.05, 0.1) is 22.7 Å². The fraction of sp³-hybridized carbons (Fsp3) is 0.263. The van der Waals surface area contributed by atoms with E-state index in [1.807, 2.05) is 19.1 Å². The van der Waals surface area contributed by atoms with E-state index in [4.69, 9.17) is 4.74 Å². The summed E-state index contributed by atoms with van der Waals surface area (Å²) in [5, 5.41) is 3.68. The summed E-state index contributed by atoms with van der Waals surface area (Å²) in [5.74, 6) is 0.194. The van der Waals surface area contributed by atoms with Gasteiger partial charge in [0.1, 0.15) is 5.75 Å². The zero-order chi connectivity index (χ0) is 20.1. The number of sulfonamides is 1. The summed E-state index contributed by atoms with van der Waals surface area (Å²) < 4.78 is 37.3. The van der Waals surface area contributed by atoms with Gasteiger partial charge in [-0.25, -0.2) is 8.42 Å². The first-order valence-electron chi connectivity index (χ1n) is 8.81. The number of nitrogens with zero attached hydrogens (tertiary/aromatic N) is 2. The van der Waals surface area contributed by atoms with Crippen molar-refractivity contribution < 1.29 is 17.9 Å². The molecule has 3 rings (SSSR count). The number of carbonyl (C=O) groups is 1. The molecule has 1 aromatic heterocycles. The van der Waals surface area contributed by atoms with Crippen LogP contribution >= 0.6 is 11.5 Å². The van der Waals surface area contributed by atoms with Gasteiger partial charge < -0.3 is 10.1 Å². The molecule has 0 unspecified atom stereocenters. The predicted molar refractivity (Wildman–Crippen MR) is 110 cm³/mol. The minimum absolute atomic E-state index is 0.122. The van der Waals surface area contributed by atoms with Crippen LogP contribution in [0.1, 0.15) is 13.8 Å². The Hall–Kier alpha value is -2.49. The number of fused-ring (bicyclic) bond motifs is 1. The Labute approximate surface area is 168 Å². The second kappa shape index (κ2) is 8.68. The van der Waals surface area contributed by atoms with E-state index < -0.39 is 15.9 Å². The normalized spacial score (nSPS) is 11.7. The van der Waals surface area contributed by atoms with Crippen LogP contribution in [-0.4, -0.2) is 42.7 Å². The minimum Gasteiger partial charge on any atom is -0.494 e. The standard InChI is InChI=1S/C19H21N3O4S2/c1-3-22(28(24,25)17-8-6-16(7-9-17)26-4-2)13-19(23)21-15-5-10-18-14(11-15)12-20-27-18/h5-12H,3-4,13H2,1-2H3,(H,21,23). The molecule has 7 nitrogen and oxygen atoms in total. The van der Waals surface area contributed by atoms with Crippen molar-refractivity contribution >= 4 is 43.2 Å². The lowest BCUT2D eigenvalue weighted by atomic mass is 10.2. The van der Waals surface area contributed by atoms with E-state index in [1.165, 1.54) is 23.7 Å². The number of hydrogen-bond acceptors (Lipinski definition) is 6. The fourth-order valence-electron chi connectivity index (χ4n) is 2.70. The van der Waals surface area contributed by atoms with Crippen LogP contribution in [0.25, 0.3) is 10.1 Å². The highest BCUT2D eigenvalue weighted by molar-refractivity contribution is 7.89. The van der Waals surface area contributed by atoms with Crippen molar-refractivity contribution in [1.82, 2.24) is 8.68 Å². The largest absolute Gasteiger partial charge is 0.494 e. The predicted octanol–water partition coefficient (Wildman–Crippen LogP) is 3.34. The van der Waals surface area contributed by atoms with Gasteiger partial charge in [0.2, 0.25) is 15.9 Å². The van der Waals surface area contributed by atoms with Crippen LogP contribution in [0, 0.1) is 0 Å². The van der Waals surface area contributed by atoms with E-state index in [2.05, 4.69) is 9.69 Å². The van der Waals surface area contributed by atoms with Crippen molar-refractivity contribution in [1.29, 1.82) is 0 Å². The van der Waals surface area contributed by atoms with E-state index in [1.54, 1.807) is 31.3 Å². The van der Waals surface area contributed by atoms with E-state index in [0.29, 0.717) is 18.0 Å². The van der Waals surface area contributed by atoms with Crippen molar-refractivity contribution in [3.8, 4) is 5.75 Å². The summed E-state index contributed by atoms with van der Waals surface area (Å²) in [5.41, 5.74) is 0.604. The van der Waals surface area contributed by atoms with Gasteiger partial charge in [0.25, 0.3) is 0 Å². The average Bonchev–Trinajstić information content (AvgIpc) is 3.14. The molecule has 0 aliphatic rings. The molecular weight excluding hydrogens is 398 g/mol. The highest BCUT2D eigenvalue weighted by Crippen LogP contribution is 2.23. The number of aromatic nitrogens is 1. The Balaban J connectivity index is 1.71. The zero-order valence-electron chi connectivity index (χ0n) is 15.6. The molecule has 0 radical (unpaired) electrons. The van der Waals surface area contributed by atoms with Gasteiger partial charge in [-0.15, -0.1) is 0 Å². The molecule has 1 amide bonds. The molecule has 1 heterocycles. The number of likely N-dealkylation sites (N-methyl/N-ethyl adjacent to an activating group) is 1. The van der Waals surface area contributed by atoms with Crippen molar-refractivity contribution in [3.63, 3.8) is 0 Å². The van der Waals surface area contributed by atoms with Crippen LogP contribution in [0.3, 0.4) is 0 Å². The van der Waals surface area contributed by atoms with Gasteiger partial charge in [0, 0.05) is 23.8 Å². The first kappa shape index (κ1) is 20.2. The Kier molecular flexibility index (Phi) is 6.28. The van der Waals surface area contributed by atoms with Gasteiger partial charge in [-0.3, -0.25) is 4.79 Å². The number of carbonyl (C=O) groups excluding carboxylic acids is 1. The molecule has 2 aromatic carbocycles. The number of ether oxygens (including phenoxy) is 1. The fourth-order valence-corrected chi connectivity index (χ4v) is 4.73. The van der Waals surface area contributed by atoms with Crippen LogP contribution < -0.4 is 10.1 Å². The molecule has 0 saturated heterocycles. The second-order valence-electron chi connectivity index (χ2n) is 5.96. The number of benzene rings is 2. The topological polar surface area (TPSA) is 88.6 Å². The van der Waals surface area contributed by atoms with E-state index in [0.717, 1.165) is 14.4 Å². The van der Waals surface area contributed by atoms with Crippen molar-refractivity contribution in [3.05, 3.63) is 48.7 Å². The van der Waals surface area contributed by atoms with Gasteiger partial charge >= 0.3 is 0 Å². The molecule has 0 bridgehead atoms. The van der Waals surface area contributed by atoms with Gasteiger partial charge in [0.15, 0.2) is 0 Å². The summed E-state index contributed by atoms with van der Waals surface area (Å²) >= 11 is 1.37. The molecule has 3 aromatic rings. The van der Waals surface area contributed by atoms with Gasteiger partial charge in [-0.2, -0.15) is 8.68 Å². The summed E-state index contributed by atoms with van der Waals surface area (Å²) in [6, 6.07) is 11.6. The van der Waals surface area contributed by atoms with Gasteiger partial charge in [-0.05, 0) is 60.9 Å². The molecular formula is C19H21N3O4S2. The summed E-state index contributed by atoms with van der Waals surface area (Å²) in [7, 11) is -3.79. The van der Waals surface area contributed by atoms with E-state index in [-0.39, 0.29) is 18.0 Å². The number of nitrogens with one attached hydrogen (secondary N) is 1. The highest BCUT2D eigenvalue weighted by atomic mass is 32.2. The molecule has 0 fully saturated rings. The maximum absolute atomic E-state index is 12.9. The lowest BCUT2D eigenvalue weighted by Gasteiger charge is -2.20. The average molecular weight is 420 g/mol. The van der Waals surface area contributed by atoms with Crippen LogP contribution in [0.2, 0.25) is 0 Å². The molecule has 0 saturated carbocycles. The molecule has 28 heavy (non-hydrogen) atoms. The van der Waals surface area contributed by atoms with Crippen LogP contribution in [-0.2, 0) is 14.8 Å². The molecule has 0 aliphatic heterocycles. The third-order valence-corrected chi connectivity index (χ3v) is 6.80. The quantitative estimate of drug-likeness (QED) is 0.605. The summed E-state index contributed by atoms with van der Waals surface area (Å²) in [6.45, 7) is 3.96. The summed E-state index contributed by atoms with van der Waals surface area (Å²) in [4.78, 5) is 12.5. The smallest absolute Gasteiger partial charge is 0.243 e. The Morgan fingerprint density at radius 1 is 1.18 bits per heavy atom. The SMILES string of the molecule is CCOc1ccc(S(=O)(=O)N(CC)CC(=O)Nc2ccc3sncc3c2)cc1. The molecule has 9 heteroatoms. The first-order chi connectivity index (χ1) is 13.4. The van der Waals surface area contributed by atoms with Crippen LogP contribution in [0.15, 0.2) is 53.6 Å². The first-order valence-corrected chi connectivity index (χ1v) is 11.0. The Bertz CT molecular complexity index is 1060. The van der Waals surface area contributed by atoms with Crippen LogP contribution in [0.4, 0.5) is 5.69 Å². The third kappa shape index (κ3) is 4.49. The van der Waals surface area contributed by atoms with Crippen molar-refractivity contribution in [2.75, 3.05) is 25.0 Å². The number of anilines is 1. The number of rotatable bonds is 8. The monoisotopic (exact) mass is 419 g/mol. The maximum Gasteiger partial charge on any atom is 0.243 e. The molecule has 1 N–H and O–H groups in total. The molecule has 0 aliphatic carbocycles. The van der Waals surface area contributed by atoms with E-state index in [9.17, 15) is 13.2 Å². The minimum atomic E-state index is -3.79. The van der Waals surface area contributed by atoms with Gasteiger partial charge in [-0.1, -0.05) is 6.92 Å². The van der Waals surface area contributed by atoms with E-state index >= 15 is 0 Å². The Morgan fingerprint density at radius 3 is 2.61 bits per heavy atom. The van der Waals surface area contributed by atoms with Crippen molar-refractivity contribution in [2.45, 2.75) is 18.7 Å². The molecule has 148 valence electrons. The molecule has 0 atom stereocenters. The molecule has 0 spiro atoms. The number of amides is 1. The Morgan fingerprint density at radius 2 is 1.93 bits per heavy atom. The van der Waals surface area contributed by atoms with Crippen LogP contribution in [0.5, 0.6) is 5.75 Å². The number of hydrogen-bond donors (Lipinski definition) is 1. The lowest BCUT2D eigenvalue weighted by Crippen LogP contribution is -2.37. The maximum atomic E-state index is 12.9. The summed E-state index contributed by atoms with van der Waals surface area (Å²) in [6.07, 6.45) is 1.73.